The summed E-state index contributed by atoms with van der Waals surface area (Å²) in [6.45, 7) is 4.25. The summed E-state index contributed by atoms with van der Waals surface area (Å²) < 4.78 is 0. The fourth-order valence-corrected chi connectivity index (χ4v) is 2.70. The van der Waals surface area contributed by atoms with Crippen LogP contribution in [0, 0.1) is 23.2 Å². The third-order valence-electron chi connectivity index (χ3n) is 3.90. The van der Waals surface area contributed by atoms with Crippen molar-refractivity contribution in [2.24, 2.45) is 11.8 Å². The maximum atomic E-state index is 8.99. The molecule has 0 amide bonds. The number of nitrogens with one attached hydrogen (secondary N) is 1. The van der Waals surface area contributed by atoms with Crippen LogP contribution in [0.15, 0.2) is 24.3 Å². The lowest BCUT2D eigenvalue weighted by atomic mass is 9.98. The number of hydrogen-bond acceptors (Lipinski definition) is 2. The summed E-state index contributed by atoms with van der Waals surface area (Å²) in [5.74, 6) is 1.68. The maximum absolute atomic E-state index is 8.99. The van der Waals surface area contributed by atoms with Gasteiger partial charge in [-0.1, -0.05) is 38.0 Å². The Bertz CT molecular complexity index is 406. The summed E-state index contributed by atoms with van der Waals surface area (Å²) in [6, 6.07) is 10.1. The van der Waals surface area contributed by atoms with E-state index in [1.807, 2.05) is 24.3 Å². The predicted octanol–water partition coefficient (Wildman–Crippen LogP) is 3.08. The fraction of sp³-hybridized carbons (Fsp3) is 0.533. The average Bonchev–Trinajstić information content (AvgIpc) is 2.76. The smallest absolute Gasteiger partial charge is 0.0995 e. The second-order valence-electron chi connectivity index (χ2n) is 5.07. The summed E-state index contributed by atoms with van der Waals surface area (Å²) in [5, 5.41) is 12.5. The highest BCUT2D eigenvalue weighted by Gasteiger charge is 2.22. The Morgan fingerprint density at radius 1 is 1.35 bits per heavy atom. The summed E-state index contributed by atoms with van der Waals surface area (Å²) in [6.07, 6.45) is 4.11. The van der Waals surface area contributed by atoms with Crippen molar-refractivity contribution in [1.82, 2.24) is 5.32 Å². The van der Waals surface area contributed by atoms with Crippen LogP contribution in [0.5, 0.6) is 0 Å². The molecule has 0 aliphatic heterocycles. The lowest BCUT2D eigenvalue weighted by molar-refractivity contribution is 0.392. The van der Waals surface area contributed by atoms with Crippen molar-refractivity contribution >= 4 is 0 Å². The van der Waals surface area contributed by atoms with E-state index in [2.05, 4.69) is 18.3 Å². The van der Waals surface area contributed by atoms with Crippen LogP contribution in [0.2, 0.25) is 0 Å². The lowest BCUT2D eigenvalue weighted by Gasteiger charge is -2.16. The molecule has 2 heteroatoms. The van der Waals surface area contributed by atoms with Crippen molar-refractivity contribution in [2.45, 2.75) is 32.7 Å². The molecule has 1 saturated carbocycles. The van der Waals surface area contributed by atoms with Crippen LogP contribution in [0.3, 0.4) is 0 Å². The minimum Gasteiger partial charge on any atom is -0.312 e. The summed E-state index contributed by atoms with van der Waals surface area (Å²) in [7, 11) is 0. The van der Waals surface area contributed by atoms with Crippen LogP contribution in [0.25, 0.3) is 0 Å². The van der Waals surface area contributed by atoms with E-state index >= 15 is 0 Å². The second kappa shape index (κ2) is 5.84. The van der Waals surface area contributed by atoms with Crippen molar-refractivity contribution in [3.8, 4) is 6.07 Å². The molecule has 0 aromatic heterocycles. The minimum atomic E-state index is 0.791. The number of rotatable bonds is 4. The molecule has 1 aromatic rings. The molecule has 0 bridgehead atoms. The van der Waals surface area contributed by atoms with E-state index < -0.39 is 0 Å². The van der Waals surface area contributed by atoms with Crippen LogP contribution in [0.1, 0.15) is 37.3 Å². The Labute approximate surface area is 104 Å². The molecule has 2 atom stereocenters. The van der Waals surface area contributed by atoms with Crippen LogP contribution in [-0.2, 0) is 6.54 Å². The van der Waals surface area contributed by atoms with Crippen LogP contribution in [0.4, 0.5) is 0 Å². The molecule has 0 radical (unpaired) electrons. The van der Waals surface area contributed by atoms with Gasteiger partial charge in [0.25, 0.3) is 0 Å². The van der Waals surface area contributed by atoms with Crippen molar-refractivity contribution < 1.29 is 0 Å². The Hall–Kier alpha value is -1.33. The van der Waals surface area contributed by atoms with Crippen molar-refractivity contribution in [2.75, 3.05) is 6.54 Å². The van der Waals surface area contributed by atoms with Gasteiger partial charge in [-0.25, -0.2) is 0 Å². The van der Waals surface area contributed by atoms with Gasteiger partial charge in [0.15, 0.2) is 0 Å². The molecule has 17 heavy (non-hydrogen) atoms. The van der Waals surface area contributed by atoms with Crippen LogP contribution in [-0.4, -0.2) is 6.54 Å². The molecule has 2 nitrogen and oxygen atoms in total. The molecule has 1 aliphatic carbocycles. The minimum absolute atomic E-state index is 0.791. The molecular formula is C15H20N2. The lowest BCUT2D eigenvalue weighted by Crippen LogP contribution is -2.24. The quantitative estimate of drug-likeness (QED) is 0.859. The van der Waals surface area contributed by atoms with Gasteiger partial charge in [-0.15, -0.1) is 0 Å². The zero-order chi connectivity index (χ0) is 12.1. The summed E-state index contributed by atoms with van der Waals surface area (Å²) in [4.78, 5) is 0. The normalized spacial score (nSPS) is 23.5. The third-order valence-corrected chi connectivity index (χ3v) is 3.90. The Balaban J connectivity index is 1.84. The van der Waals surface area contributed by atoms with E-state index in [1.54, 1.807) is 0 Å². The summed E-state index contributed by atoms with van der Waals surface area (Å²) in [5.41, 5.74) is 1.90. The predicted molar refractivity (Wildman–Crippen MR) is 69.4 cm³/mol. The second-order valence-corrected chi connectivity index (χ2v) is 5.07. The van der Waals surface area contributed by atoms with E-state index in [4.69, 9.17) is 5.26 Å². The molecular weight excluding hydrogens is 208 g/mol. The van der Waals surface area contributed by atoms with E-state index in [1.165, 1.54) is 19.3 Å². The molecule has 0 heterocycles. The fourth-order valence-electron chi connectivity index (χ4n) is 2.70. The van der Waals surface area contributed by atoms with Gasteiger partial charge in [0.05, 0.1) is 11.6 Å². The number of nitriles is 1. The van der Waals surface area contributed by atoms with Gasteiger partial charge >= 0.3 is 0 Å². The van der Waals surface area contributed by atoms with Gasteiger partial charge in [0, 0.05) is 6.54 Å². The van der Waals surface area contributed by atoms with Gasteiger partial charge in [0.2, 0.25) is 0 Å². The summed E-state index contributed by atoms with van der Waals surface area (Å²) >= 11 is 0. The zero-order valence-corrected chi connectivity index (χ0v) is 10.4. The first-order chi connectivity index (χ1) is 8.31. The molecule has 0 saturated heterocycles. The highest BCUT2D eigenvalue weighted by atomic mass is 14.9. The van der Waals surface area contributed by atoms with Crippen LogP contribution >= 0.6 is 0 Å². The standard InChI is InChI=1S/C15H20N2/c1-12-5-4-8-14(12)10-17-11-15-7-3-2-6-13(15)9-16/h2-3,6-7,12,14,17H,4-5,8,10-11H2,1H3. The van der Waals surface area contributed by atoms with Gasteiger partial charge in [-0.3, -0.25) is 0 Å². The largest absolute Gasteiger partial charge is 0.312 e. The number of hydrogen-bond donors (Lipinski definition) is 1. The highest BCUT2D eigenvalue weighted by Crippen LogP contribution is 2.30. The first kappa shape index (κ1) is 12.1. The molecule has 1 aliphatic rings. The first-order valence-electron chi connectivity index (χ1n) is 6.50. The van der Waals surface area contributed by atoms with Crippen molar-refractivity contribution in [3.05, 3.63) is 35.4 Å². The molecule has 1 aromatic carbocycles. The Kier molecular flexibility index (Phi) is 4.17. The number of benzene rings is 1. The van der Waals surface area contributed by atoms with Crippen molar-refractivity contribution in [3.63, 3.8) is 0 Å². The van der Waals surface area contributed by atoms with Gasteiger partial charge in [-0.05, 0) is 36.4 Å². The van der Waals surface area contributed by atoms with Gasteiger partial charge < -0.3 is 5.32 Å². The molecule has 0 spiro atoms. The maximum Gasteiger partial charge on any atom is 0.0995 e. The molecule has 2 unspecified atom stereocenters. The Morgan fingerprint density at radius 2 is 2.18 bits per heavy atom. The zero-order valence-electron chi connectivity index (χ0n) is 10.4. The van der Waals surface area contributed by atoms with E-state index in [9.17, 15) is 0 Å². The first-order valence-corrected chi connectivity index (χ1v) is 6.50. The SMILES string of the molecule is CC1CCCC1CNCc1ccccc1C#N. The van der Waals surface area contributed by atoms with Gasteiger partial charge in [-0.2, -0.15) is 5.26 Å². The average molecular weight is 228 g/mol. The Morgan fingerprint density at radius 3 is 2.88 bits per heavy atom. The third kappa shape index (κ3) is 3.08. The molecule has 1 N–H and O–H groups in total. The van der Waals surface area contributed by atoms with Crippen molar-refractivity contribution in [1.29, 1.82) is 5.26 Å². The highest BCUT2D eigenvalue weighted by molar-refractivity contribution is 5.37. The monoisotopic (exact) mass is 228 g/mol. The molecule has 1 fully saturated rings. The van der Waals surface area contributed by atoms with Gasteiger partial charge in [0.1, 0.15) is 0 Å². The van der Waals surface area contributed by atoms with E-state index in [-0.39, 0.29) is 0 Å². The van der Waals surface area contributed by atoms with E-state index in [0.29, 0.717) is 0 Å². The molecule has 90 valence electrons. The van der Waals surface area contributed by atoms with Crippen LogP contribution < -0.4 is 5.32 Å². The topological polar surface area (TPSA) is 35.8 Å². The molecule has 2 rings (SSSR count). The number of nitrogens with zero attached hydrogens (tertiary/aromatic N) is 1. The van der Waals surface area contributed by atoms with E-state index in [0.717, 1.165) is 36.1 Å².